The minimum absolute atomic E-state index is 0.351. The molecule has 146 valence electrons. The standard InChI is InChI=1S/C21H35N3O2/c1-5-26-19-9-8-18(14-17(19)2)15-23-20(22-3)24-16-21(12-13-25-4)10-6-7-11-21/h8-9,14H,5-7,10-13,15-16H2,1-4H3,(H2,22,23,24). The van der Waals surface area contributed by atoms with Crippen LogP contribution >= 0.6 is 0 Å². The van der Waals surface area contributed by atoms with Crippen molar-refractivity contribution < 1.29 is 9.47 Å². The number of guanidine groups is 1. The summed E-state index contributed by atoms with van der Waals surface area (Å²) < 4.78 is 10.9. The highest BCUT2D eigenvalue weighted by atomic mass is 16.5. The molecule has 0 bridgehead atoms. The fourth-order valence-electron chi connectivity index (χ4n) is 3.78. The first kappa shape index (κ1) is 20.6. The van der Waals surface area contributed by atoms with Crippen LogP contribution in [0.5, 0.6) is 5.75 Å². The van der Waals surface area contributed by atoms with E-state index in [1.54, 1.807) is 7.11 Å². The van der Waals surface area contributed by atoms with E-state index in [1.807, 2.05) is 20.0 Å². The topological polar surface area (TPSA) is 54.9 Å². The first-order chi connectivity index (χ1) is 12.6. The van der Waals surface area contributed by atoms with Crippen LogP contribution in [-0.4, -0.2) is 39.9 Å². The molecule has 0 saturated heterocycles. The lowest BCUT2D eigenvalue weighted by Crippen LogP contribution is -2.43. The first-order valence-corrected chi connectivity index (χ1v) is 9.78. The van der Waals surface area contributed by atoms with Gasteiger partial charge in [0.15, 0.2) is 5.96 Å². The van der Waals surface area contributed by atoms with E-state index >= 15 is 0 Å². The third-order valence-corrected chi connectivity index (χ3v) is 5.35. The molecule has 0 aliphatic heterocycles. The summed E-state index contributed by atoms with van der Waals surface area (Å²) in [4.78, 5) is 4.38. The summed E-state index contributed by atoms with van der Waals surface area (Å²) in [6.45, 7) is 7.32. The number of nitrogens with one attached hydrogen (secondary N) is 2. The molecule has 1 fully saturated rings. The predicted molar refractivity (Wildman–Crippen MR) is 108 cm³/mol. The smallest absolute Gasteiger partial charge is 0.191 e. The van der Waals surface area contributed by atoms with Gasteiger partial charge in [0, 0.05) is 33.9 Å². The number of hydrogen-bond acceptors (Lipinski definition) is 3. The van der Waals surface area contributed by atoms with Crippen molar-refractivity contribution in [1.82, 2.24) is 10.6 Å². The Balaban J connectivity index is 1.86. The minimum atomic E-state index is 0.351. The number of aliphatic imine (C=N–C) groups is 1. The molecule has 1 aromatic rings. The van der Waals surface area contributed by atoms with E-state index in [0.717, 1.165) is 37.8 Å². The molecule has 2 N–H and O–H groups in total. The van der Waals surface area contributed by atoms with Crippen molar-refractivity contribution in [3.63, 3.8) is 0 Å². The third-order valence-electron chi connectivity index (χ3n) is 5.35. The van der Waals surface area contributed by atoms with Gasteiger partial charge in [-0.05, 0) is 55.7 Å². The Labute approximate surface area is 158 Å². The van der Waals surface area contributed by atoms with Gasteiger partial charge in [0.1, 0.15) is 5.75 Å². The van der Waals surface area contributed by atoms with Gasteiger partial charge in [-0.25, -0.2) is 0 Å². The van der Waals surface area contributed by atoms with Crippen molar-refractivity contribution in [3.05, 3.63) is 29.3 Å². The van der Waals surface area contributed by atoms with Crippen molar-refractivity contribution >= 4 is 5.96 Å². The Morgan fingerprint density at radius 2 is 2.00 bits per heavy atom. The molecule has 0 amide bonds. The van der Waals surface area contributed by atoms with Crippen LogP contribution in [0.4, 0.5) is 0 Å². The number of hydrogen-bond donors (Lipinski definition) is 2. The molecule has 5 heteroatoms. The Morgan fingerprint density at radius 3 is 2.62 bits per heavy atom. The van der Waals surface area contributed by atoms with Gasteiger partial charge in [0.05, 0.1) is 6.61 Å². The number of rotatable bonds is 9. The lowest BCUT2D eigenvalue weighted by atomic mass is 9.83. The Hall–Kier alpha value is -1.75. The molecule has 1 aliphatic carbocycles. The second kappa shape index (κ2) is 10.4. The number of aryl methyl sites for hydroxylation is 1. The van der Waals surface area contributed by atoms with E-state index in [-0.39, 0.29) is 0 Å². The van der Waals surface area contributed by atoms with Crippen molar-refractivity contribution in [2.75, 3.05) is 33.9 Å². The number of nitrogens with zero attached hydrogens (tertiary/aromatic N) is 1. The van der Waals surface area contributed by atoms with Crippen molar-refractivity contribution in [2.24, 2.45) is 10.4 Å². The molecule has 26 heavy (non-hydrogen) atoms. The molecule has 0 heterocycles. The number of methoxy groups -OCH3 is 1. The monoisotopic (exact) mass is 361 g/mol. The molecule has 5 nitrogen and oxygen atoms in total. The van der Waals surface area contributed by atoms with Crippen LogP contribution in [0.3, 0.4) is 0 Å². The van der Waals surface area contributed by atoms with Crippen LogP contribution in [-0.2, 0) is 11.3 Å². The lowest BCUT2D eigenvalue weighted by molar-refractivity contribution is 0.138. The van der Waals surface area contributed by atoms with Crippen LogP contribution in [0.2, 0.25) is 0 Å². The van der Waals surface area contributed by atoms with Gasteiger partial charge in [-0.1, -0.05) is 25.0 Å². The van der Waals surface area contributed by atoms with E-state index in [2.05, 4.69) is 34.7 Å². The normalized spacial score (nSPS) is 16.5. The fourth-order valence-corrected chi connectivity index (χ4v) is 3.78. The van der Waals surface area contributed by atoms with Crippen molar-refractivity contribution in [2.45, 2.75) is 52.5 Å². The van der Waals surface area contributed by atoms with Gasteiger partial charge in [0.2, 0.25) is 0 Å². The zero-order chi connectivity index (χ0) is 18.8. The summed E-state index contributed by atoms with van der Waals surface area (Å²) >= 11 is 0. The quantitative estimate of drug-likeness (QED) is 0.521. The van der Waals surface area contributed by atoms with Gasteiger partial charge in [-0.3, -0.25) is 4.99 Å². The van der Waals surface area contributed by atoms with Gasteiger partial charge >= 0.3 is 0 Å². The summed E-state index contributed by atoms with van der Waals surface area (Å²) in [6.07, 6.45) is 6.31. The van der Waals surface area contributed by atoms with Crippen LogP contribution in [0.1, 0.15) is 50.2 Å². The van der Waals surface area contributed by atoms with Gasteiger partial charge in [0.25, 0.3) is 0 Å². The summed E-state index contributed by atoms with van der Waals surface area (Å²) in [5.41, 5.74) is 2.74. The largest absolute Gasteiger partial charge is 0.494 e. The molecule has 0 unspecified atom stereocenters. The molecule has 1 saturated carbocycles. The van der Waals surface area contributed by atoms with E-state index in [9.17, 15) is 0 Å². The zero-order valence-electron chi connectivity index (χ0n) is 16.9. The van der Waals surface area contributed by atoms with Crippen LogP contribution in [0.15, 0.2) is 23.2 Å². The maximum atomic E-state index is 5.61. The highest BCUT2D eigenvalue weighted by Gasteiger charge is 2.33. The average molecular weight is 362 g/mol. The van der Waals surface area contributed by atoms with Crippen LogP contribution < -0.4 is 15.4 Å². The molecule has 2 rings (SSSR count). The molecule has 0 atom stereocenters. The molecule has 0 aromatic heterocycles. The first-order valence-electron chi connectivity index (χ1n) is 9.78. The number of ether oxygens (including phenoxy) is 2. The third kappa shape index (κ3) is 5.90. The van der Waals surface area contributed by atoms with Crippen LogP contribution in [0.25, 0.3) is 0 Å². The molecule has 1 aliphatic rings. The summed E-state index contributed by atoms with van der Waals surface area (Å²) in [5.74, 6) is 1.82. The highest BCUT2D eigenvalue weighted by Crippen LogP contribution is 2.40. The highest BCUT2D eigenvalue weighted by molar-refractivity contribution is 5.79. The molecule has 1 aromatic carbocycles. The summed E-state index contributed by atoms with van der Waals surface area (Å²) in [7, 11) is 3.62. The second-order valence-electron chi connectivity index (χ2n) is 7.26. The van der Waals surface area contributed by atoms with E-state index < -0.39 is 0 Å². The molecule has 0 spiro atoms. The Kier molecular flexibility index (Phi) is 8.23. The molecular formula is C21H35N3O2. The molecular weight excluding hydrogens is 326 g/mol. The number of benzene rings is 1. The minimum Gasteiger partial charge on any atom is -0.494 e. The summed E-state index contributed by atoms with van der Waals surface area (Å²) in [5, 5.41) is 6.96. The van der Waals surface area contributed by atoms with Gasteiger partial charge < -0.3 is 20.1 Å². The van der Waals surface area contributed by atoms with E-state index in [0.29, 0.717) is 12.0 Å². The zero-order valence-corrected chi connectivity index (χ0v) is 16.9. The Bertz CT molecular complexity index is 581. The average Bonchev–Trinajstić information content (AvgIpc) is 3.11. The van der Waals surface area contributed by atoms with Crippen LogP contribution in [0, 0.1) is 12.3 Å². The molecule has 0 radical (unpaired) electrons. The Morgan fingerprint density at radius 1 is 1.23 bits per heavy atom. The second-order valence-corrected chi connectivity index (χ2v) is 7.26. The fraction of sp³-hybridized carbons (Fsp3) is 0.667. The van der Waals surface area contributed by atoms with Gasteiger partial charge in [-0.15, -0.1) is 0 Å². The summed E-state index contributed by atoms with van der Waals surface area (Å²) in [6, 6.07) is 6.32. The van der Waals surface area contributed by atoms with Crippen molar-refractivity contribution in [1.29, 1.82) is 0 Å². The SMILES string of the molecule is CCOc1ccc(CNC(=NC)NCC2(CCOC)CCCC2)cc1C. The van der Waals surface area contributed by atoms with E-state index in [1.165, 1.54) is 36.8 Å². The lowest BCUT2D eigenvalue weighted by Gasteiger charge is -2.30. The predicted octanol–water partition coefficient (Wildman–Crippen LogP) is 3.66. The van der Waals surface area contributed by atoms with Gasteiger partial charge in [-0.2, -0.15) is 0 Å². The maximum Gasteiger partial charge on any atom is 0.191 e. The van der Waals surface area contributed by atoms with E-state index in [4.69, 9.17) is 9.47 Å². The maximum absolute atomic E-state index is 5.61. The van der Waals surface area contributed by atoms with Crippen molar-refractivity contribution in [3.8, 4) is 5.75 Å².